The lowest BCUT2D eigenvalue weighted by atomic mass is 10.1. The molecule has 1 aromatic carbocycles. The number of benzene rings is 1. The van der Waals surface area contributed by atoms with Crippen molar-refractivity contribution in [2.24, 2.45) is 5.92 Å². The molecule has 2 fully saturated rings. The van der Waals surface area contributed by atoms with E-state index in [1.165, 1.54) is 29.2 Å². The molecule has 4 rings (SSSR count). The zero-order chi connectivity index (χ0) is 25.8. The summed E-state index contributed by atoms with van der Waals surface area (Å²) in [7, 11) is 1.57. The smallest absolute Gasteiger partial charge is 0.257 e. The van der Waals surface area contributed by atoms with Crippen LogP contribution in [-0.2, 0) is 9.59 Å². The topological polar surface area (TPSA) is 91.8 Å². The van der Waals surface area contributed by atoms with Crippen LogP contribution in [0.15, 0.2) is 40.1 Å². The van der Waals surface area contributed by atoms with E-state index in [1.807, 2.05) is 35.8 Å². The van der Waals surface area contributed by atoms with Crippen LogP contribution in [0.2, 0.25) is 0 Å². The number of carbonyl (C=O) groups excluding carboxylic acids is 3. The van der Waals surface area contributed by atoms with Crippen molar-refractivity contribution in [3.8, 4) is 5.75 Å². The molecule has 1 atom stereocenters. The second-order valence-corrected chi connectivity index (χ2v) is 11.4. The van der Waals surface area contributed by atoms with Gasteiger partial charge in [0.15, 0.2) is 5.13 Å². The molecule has 3 amide bonds. The first-order chi connectivity index (χ1) is 17.3. The Balaban J connectivity index is 1.54. The molecule has 1 aromatic heterocycles. The summed E-state index contributed by atoms with van der Waals surface area (Å²) in [6, 6.07) is 3.70. The Morgan fingerprint density at radius 3 is 2.75 bits per heavy atom. The van der Waals surface area contributed by atoms with E-state index in [0.29, 0.717) is 42.5 Å². The molecule has 2 aliphatic rings. The van der Waals surface area contributed by atoms with E-state index in [2.05, 4.69) is 16.9 Å². The van der Waals surface area contributed by atoms with Gasteiger partial charge in [-0.2, -0.15) is 0 Å². The minimum absolute atomic E-state index is 0.0330. The Kier molecular flexibility index (Phi) is 8.35. The summed E-state index contributed by atoms with van der Waals surface area (Å²) in [6.45, 7) is 9.26. The van der Waals surface area contributed by atoms with Gasteiger partial charge >= 0.3 is 0 Å². The van der Waals surface area contributed by atoms with Crippen LogP contribution in [0.1, 0.15) is 48.5 Å². The molecular weight excluding hydrogens is 496 g/mol. The van der Waals surface area contributed by atoms with Gasteiger partial charge in [0.05, 0.1) is 23.1 Å². The molecule has 2 aromatic rings. The largest absolute Gasteiger partial charge is 0.496 e. The van der Waals surface area contributed by atoms with Gasteiger partial charge < -0.3 is 19.9 Å². The van der Waals surface area contributed by atoms with Gasteiger partial charge in [-0.1, -0.05) is 36.6 Å². The van der Waals surface area contributed by atoms with Gasteiger partial charge in [0.1, 0.15) is 5.75 Å². The van der Waals surface area contributed by atoms with Gasteiger partial charge in [-0.05, 0) is 56.4 Å². The molecule has 1 N–H and O–H groups in total. The quantitative estimate of drug-likeness (QED) is 0.504. The van der Waals surface area contributed by atoms with E-state index in [-0.39, 0.29) is 29.7 Å². The van der Waals surface area contributed by atoms with Crippen molar-refractivity contribution in [1.82, 2.24) is 14.8 Å². The molecule has 0 radical (unpaired) electrons. The lowest BCUT2D eigenvalue weighted by Crippen LogP contribution is -2.44. The maximum atomic E-state index is 13.7. The summed E-state index contributed by atoms with van der Waals surface area (Å²) in [6.07, 6.45) is 6.43. The molecular formula is C26H32N4O4S2. The number of carbonyl (C=O) groups is 3. The third kappa shape index (κ3) is 5.92. The number of nitrogens with zero attached hydrogens (tertiary/aromatic N) is 3. The van der Waals surface area contributed by atoms with E-state index in [9.17, 15) is 14.4 Å². The predicted octanol–water partition coefficient (Wildman–Crippen LogP) is 4.60. The van der Waals surface area contributed by atoms with E-state index >= 15 is 0 Å². The van der Waals surface area contributed by atoms with Gasteiger partial charge in [-0.3, -0.25) is 14.4 Å². The van der Waals surface area contributed by atoms with Crippen molar-refractivity contribution in [1.29, 1.82) is 0 Å². The number of rotatable bonds is 8. The van der Waals surface area contributed by atoms with Gasteiger partial charge in [-0.25, -0.2) is 4.98 Å². The Labute approximate surface area is 220 Å². The van der Waals surface area contributed by atoms with Gasteiger partial charge in [0.25, 0.3) is 5.91 Å². The highest BCUT2D eigenvalue weighted by molar-refractivity contribution is 8.01. The lowest BCUT2D eigenvalue weighted by Gasteiger charge is -2.30. The molecule has 0 bridgehead atoms. The van der Waals surface area contributed by atoms with Crippen LogP contribution in [0.4, 0.5) is 5.13 Å². The molecule has 192 valence electrons. The summed E-state index contributed by atoms with van der Waals surface area (Å²) >= 11 is 2.94. The van der Waals surface area contributed by atoms with Gasteiger partial charge in [0, 0.05) is 36.5 Å². The fourth-order valence-corrected chi connectivity index (χ4v) is 6.25. The van der Waals surface area contributed by atoms with Crippen molar-refractivity contribution in [3.63, 3.8) is 0 Å². The first-order valence-electron chi connectivity index (χ1n) is 12.2. The number of aromatic nitrogens is 1. The van der Waals surface area contributed by atoms with E-state index in [0.717, 1.165) is 33.9 Å². The van der Waals surface area contributed by atoms with Gasteiger partial charge in [-0.15, -0.1) is 0 Å². The summed E-state index contributed by atoms with van der Waals surface area (Å²) < 4.78 is 6.51. The second-order valence-electron chi connectivity index (χ2n) is 9.07. The highest BCUT2D eigenvalue weighted by atomic mass is 32.2. The fraction of sp³-hybridized carbons (Fsp3) is 0.462. The molecule has 1 saturated heterocycles. The first-order valence-corrected chi connectivity index (χ1v) is 13.8. The number of methoxy groups -OCH3 is 1. The monoisotopic (exact) mass is 528 g/mol. The molecule has 1 aliphatic carbocycles. The van der Waals surface area contributed by atoms with Crippen molar-refractivity contribution in [3.05, 3.63) is 42.1 Å². The number of hydrogen-bond donors (Lipinski definition) is 1. The van der Waals surface area contributed by atoms with Crippen LogP contribution >= 0.6 is 23.1 Å². The number of amides is 3. The van der Waals surface area contributed by atoms with Crippen molar-refractivity contribution < 1.29 is 19.1 Å². The zero-order valence-corrected chi connectivity index (χ0v) is 22.5. The standard InChI is InChI=1S/C26H32N4O4S2/c1-5-18-15-29(10-7-11-30(18)22(31)6-2)25(33)19-13-21(16(3)12-20(19)34-4)35-23-14-27-26(36-23)28-24(32)17-8-9-17/h6,12-14,17-18H,2,5,7-11,15H2,1,3-4H3,(H,27,28,32)/t18-/m1/s1. The SMILES string of the molecule is C=CC(=O)N1CCCN(C(=O)c2cc(Sc3cnc(NC(=O)C4CC4)s3)c(C)cc2OC)C[C@H]1CC. The highest BCUT2D eigenvalue weighted by Gasteiger charge is 2.31. The minimum Gasteiger partial charge on any atom is -0.496 e. The number of aryl methyl sites for hydroxylation is 1. The Bertz CT molecular complexity index is 1160. The summed E-state index contributed by atoms with van der Waals surface area (Å²) in [5.41, 5.74) is 1.48. The highest BCUT2D eigenvalue weighted by Crippen LogP contribution is 2.39. The molecule has 0 spiro atoms. The Hall–Kier alpha value is -2.85. The molecule has 1 aliphatic heterocycles. The van der Waals surface area contributed by atoms with Crippen LogP contribution in [-0.4, -0.2) is 65.3 Å². The number of ether oxygens (including phenoxy) is 1. The van der Waals surface area contributed by atoms with E-state index < -0.39 is 0 Å². The van der Waals surface area contributed by atoms with Crippen molar-refractivity contribution in [2.75, 3.05) is 32.1 Å². The average molecular weight is 529 g/mol. The van der Waals surface area contributed by atoms with Gasteiger partial charge in [0.2, 0.25) is 11.8 Å². The number of nitrogens with one attached hydrogen (secondary N) is 1. The van der Waals surface area contributed by atoms with Crippen molar-refractivity contribution in [2.45, 2.75) is 54.7 Å². The molecule has 8 nitrogen and oxygen atoms in total. The second kappa shape index (κ2) is 11.5. The maximum Gasteiger partial charge on any atom is 0.257 e. The van der Waals surface area contributed by atoms with Crippen molar-refractivity contribution >= 4 is 46.0 Å². The first kappa shape index (κ1) is 26.2. The number of anilines is 1. The van der Waals surface area contributed by atoms with Crippen LogP contribution in [0.5, 0.6) is 5.75 Å². The average Bonchev–Trinajstić information content (AvgIpc) is 3.68. The molecule has 36 heavy (non-hydrogen) atoms. The van der Waals surface area contributed by atoms with Crippen LogP contribution in [0.25, 0.3) is 0 Å². The third-order valence-electron chi connectivity index (χ3n) is 6.52. The zero-order valence-electron chi connectivity index (χ0n) is 20.9. The Morgan fingerprint density at radius 1 is 1.31 bits per heavy atom. The lowest BCUT2D eigenvalue weighted by molar-refractivity contribution is -0.128. The number of hydrogen-bond acceptors (Lipinski definition) is 7. The molecule has 2 heterocycles. The fourth-order valence-electron chi connectivity index (χ4n) is 4.30. The molecule has 0 unspecified atom stereocenters. The summed E-state index contributed by atoms with van der Waals surface area (Å²) in [5.74, 6) is 0.475. The predicted molar refractivity (Wildman–Crippen MR) is 142 cm³/mol. The summed E-state index contributed by atoms with van der Waals surface area (Å²) in [5, 5.41) is 3.48. The van der Waals surface area contributed by atoms with E-state index in [4.69, 9.17) is 4.74 Å². The van der Waals surface area contributed by atoms with Crippen LogP contribution < -0.4 is 10.1 Å². The normalized spacial score (nSPS) is 17.9. The third-order valence-corrected chi connectivity index (χ3v) is 8.69. The maximum absolute atomic E-state index is 13.7. The number of thiazole rings is 1. The van der Waals surface area contributed by atoms with Crippen LogP contribution in [0.3, 0.4) is 0 Å². The molecule has 1 saturated carbocycles. The van der Waals surface area contributed by atoms with E-state index in [1.54, 1.807) is 13.3 Å². The Morgan fingerprint density at radius 2 is 2.08 bits per heavy atom. The minimum atomic E-state index is -0.109. The molecule has 10 heteroatoms. The van der Waals surface area contributed by atoms with Crippen LogP contribution in [0, 0.1) is 12.8 Å². The summed E-state index contributed by atoms with van der Waals surface area (Å²) in [4.78, 5) is 47.0.